The lowest BCUT2D eigenvalue weighted by molar-refractivity contribution is -0.385. The van der Waals surface area contributed by atoms with Crippen LogP contribution in [0.4, 0.5) is 5.69 Å². The minimum absolute atomic E-state index is 0.0226. The molecule has 0 saturated carbocycles. The number of amides is 1. The Hall–Kier alpha value is -3.66. The highest BCUT2D eigenvalue weighted by atomic mass is 32.1. The van der Waals surface area contributed by atoms with Gasteiger partial charge in [-0.15, -0.1) is 11.3 Å². The van der Waals surface area contributed by atoms with Gasteiger partial charge in [-0.2, -0.15) is 5.10 Å². The number of carbonyl (C=O) groups is 1. The van der Waals surface area contributed by atoms with Crippen molar-refractivity contribution in [1.29, 1.82) is 0 Å². The quantitative estimate of drug-likeness (QED) is 0.492. The SMILES string of the molecule is CCn1cc([N+](=O)[O-])c(C(=O)N2NC(c3cccs3)=CC2c2ccccc2O)n1. The highest BCUT2D eigenvalue weighted by molar-refractivity contribution is 7.11. The molecule has 9 nitrogen and oxygen atoms in total. The van der Waals surface area contributed by atoms with E-state index < -0.39 is 16.9 Å². The number of para-hydroxylation sites is 1. The summed E-state index contributed by atoms with van der Waals surface area (Å²) in [6.45, 7) is 2.17. The number of aryl methyl sites for hydroxylation is 1. The lowest BCUT2D eigenvalue weighted by Crippen LogP contribution is -2.40. The zero-order valence-electron chi connectivity index (χ0n) is 15.3. The van der Waals surface area contributed by atoms with Crippen LogP contribution in [0.3, 0.4) is 0 Å². The van der Waals surface area contributed by atoms with E-state index in [4.69, 9.17) is 0 Å². The van der Waals surface area contributed by atoms with Gasteiger partial charge in [0.25, 0.3) is 0 Å². The number of benzene rings is 1. The fourth-order valence-electron chi connectivity index (χ4n) is 3.15. The van der Waals surface area contributed by atoms with Crippen molar-refractivity contribution in [2.24, 2.45) is 0 Å². The van der Waals surface area contributed by atoms with E-state index in [1.807, 2.05) is 17.5 Å². The first-order valence-electron chi connectivity index (χ1n) is 8.85. The summed E-state index contributed by atoms with van der Waals surface area (Å²) in [5.41, 5.74) is 3.59. The summed E-state index contributed by atoms with van der Waals surface area (Å²) in [4.78, 5) is 25.0. The maximum Gasteiger partial charge on any atom is 0.320 e. The van der Waals surface area contributed by atoms with Gasteiger partial charge in [0.2, 0.25) is 5.69 Å². The number of rotatable bonds is 5. The molecule has 3 aromatic rings. The molecule has 148 valence electrons. The third-order valence-electron chi connectivity index (χ3n) is 4.57. The first-order valence-corrected chi connectivity index (χ1v) is 9.73. The van der Waals surface area contributed by atoms with Gasteiger partial charge in [-0.25, -0.2) is 5.01 Å². The van der Waals surface area contributed by atoms with E-state index in [0.717, 1.165) is 4.88 Å². The van der Waals surface area contributed by atoms with Gasteiger partial charge in [-0.1, -0.05) is 24.3 Å². The monoisotopic (exact) mass is 411 g/mol. The van der Waals surface area contributed by atoms with Crippen molar-refractivity contribution in [1.82, 2.24) is 20.2 Å². The molecule has 1 aliphatic rings. The Morgan fingerprint density at radius 3 is 2.79 bits per heavy atom. The molecule has 0 bridgehead atoms. The highest BCUT2D eigenvalue weighted by Crippen LogP contribution is 2.37. The molecule has 1 aliphatic heterocycles. The summed E-state index contributed by atoms with van der Waals surface area (Å²) in [5, 5.41) is 29.0. The van der Waals surface area contributed by atoms with Gasteiger partial charge in [-0.3, -0.25) is 25.0 Å². The van der Waals surface area contributed by atoms with Crippen molar-refractivity contribution in [2.75, 3.05) is 0 Å². The minimum Gasteiger partial charge on any atom is -0.508 e. The average Bonchev–Trinajstić information content (AvgIpc) is 3.46. The van der Waals surface area contributed by atoms with Crippen molar-refractivity contribution in [3.8, 4) is 5.75 Å². The number of nitrogens with one attached hydrogen (secondary N) is 1. The molecule has 0 aliphatic carbocycles. The fourth-order valence-corrected chi connectivity index (χ4v) is 3.86. The van der Waals surface area contributed by atoms with E-state index in [2.05, 4.69) is 10.5 Å². The standard InChI is InChI=1S/C19H17N5O4S/c1-2-22-11-15(24(27)28)18(21-22)19(26)23-14(12-6-3-4-7-16(12)25)10-13(20-23)17-8-5-9-29-17/h3-11,14,20,25H,2H2,1H3. The summed E-state index contributed by atoms with van der Waals surface area (Å²) in [6, 6.07) is 9.79. The van der Waals surface area contributed by atoms with Crippen LogP contribution in [-0.2, 0) is 6.54 Å². The van der Waals surface area contributed by atoms with Crippen molar-refractivity contribution >= 4 is 28.6 Å². The summed E-state index contributed by atoms with van der Waals surface area (Å²) in [5.74, 6) is -0.630. The Morgan fingerprint density at radius 2 is 2.14 bits per heavy atom. The number of aromatic hydroxyl groups is 1. The van der Waals surface area contributed by atoms with Crippen LogP contribution < -0.4 is 5.43 Å². The van der Waals surface area contributed by atoms with Crippen LogP contribution in [0, 0.1) is 10.1 Å². The second kappa shape index (κ2) is 7.40. The molecule has 10 heteroatoms. The third-order valence-corrected chi connectivity index (χ3v) is 5.47. The number of hydrogen-bond acceptors (Lipinski definition) is 7. The normalized spacial score (nSPS) is 15.8. The van der Waals surface area contributed by atoms with Gasteiger partial charge >= 0.3 is 11.6 Å². The number of hydrogen-bond donors (Lipinski definition) is 2. The fraction of sp³-hybridized carbons (Fsp3) is 0.158. The predicted octanol–water partition coefficient (Wildman–Crippen LogP) is 3.32. The molecule has 3 heterocycles. The van der Waals surface area contributed by atoms with Crippen LogP contribution in [0.5, 0.6) is 5.75 Å². The van der Waals surface area contributed by atoms with Crippen molar-refractivity contribution in [3.05, 3.63) is 80.3 Å². The number of nitro groups is 1. The molecule has 0 saturated heterocycles. The van der Waals surface area contributed by atoms with E-state index in [-0.39, 0.29) is 17.1 Å². The summed E-state index contributed by atoms with van der Waals surface area (Å²) < 4.78 is 1.35. The number of nitrogens with zero attached hydrogens (tertiary/aromatic N) is 4. The average molecular weight is 411 g/mol. The number of phenolic OH excluding ortho intramolecular Hbond substituents is 1. The molecular weight excluding hydrogens is 394 g/mol. The number of carbonyl (C=O) groups excluding carboxylic acids is 1. The zero-order valence-corrected chi connectivity index (χ0v) is 16.2. The molecule has 0 fully saturated rings. The van der Waals surface area contributed by atoms with Crippen LogP contribution in [0.15, 0.2) is 54.1 Å². The van der Waals surface area contributed by atoms with Gasteiger partial charge in [0.15, 0.2) is 0 Å². The van der Waals surface area contributed by atoms with Crippen LogP contribution in [0.2, 0.25) is 0 Å². The van der Waals surface area contributed by atoms with E-state index in [1.165, 1.54) is 33.3 Å². The summed E-state index contributed by atoms with van der Waals surface area (Å²) in [7, 11) is 0. The zero-order chi connectivity index (χ0) is 20.5. The minimum atomic E-state index is -0.660. The number of aromatic nitrogens is 2. The highest BCUT2D eigenvalue weighted by Gasteiger charge is 2.37. The van der Waals surface area contributed by atoms with Crippen molar-refractivity contribution in [3.63, 3.8) is 0 Å². The van der Waals surface area contributed by atoms with Crippen molar-refractivity contribution in [2.45, 2.75) is 19.5 Å². The summed E-state index contributed by atoms with van der Waals surface area (Å²) >= 11 is 1.49. The Kier molecular flexibility index (Phi) is 4.77. The van der Waals surface area contributed by atoms with Crippen LogP contribution in [0.25, 0.3) is 5.70 Å². The van der Waals surface area contributed by atoms with E-state index in [1.54, 1.807) is 31.2 Å². The predicted molar refractivity (Wildman–Crippen MR) is 107 cm³/mol. The third kappa shape index (κ3) is 3.34. The molecule has 2 N–H and O–H groups in total. The summed E-state index contributed by atoms with van der Waals surface area (Å²) in [6.07, 6.45) is 3.05. The molecule has 0 spiro atoms. The maximum atomic E-state index is 13.3. The smallest absolute Gasteiger partial charge is 0.320 e. The first-order chi connectivity index (χ1) is 14.0. The maximum absolute atomic E-state index is 13.3. The molecular formula is C19H17N5O4S. The van der Waals surface area contributed by atoms with Gasteiger partial charge in [0.05, 0.1) is 15.5 Å². The van der Waals surface area contributed by atoms with Gasteiger partial charge < -0.3 is 5.11 Å². The second-order valence-electron chi connectivity index (χ2n) is 6.32. The lowest BCUT2D eigenvalue weighted by Gasteiger charge is -2.24. The van der Waals surface area contributed by atoms with Crippen LogP contribution in [-0.4, -0.2) is 30.7 Å². The van der Waals surface area contributed by atoms with E-state index >= 15 is 0 Å². The molecule has 29 heavy (non-hydrogen) atoms. The number of phenols is 1. The Balaban J connectivity index is 1.77. The van der Waals surface area contributed by atoms with Gasteiger partial charge in [0, 0.05) is 12.1 Å². The molecule has 1 aromatic carbocycles. The lowest BCUT2D eigenvalue weighted by atomic mass is 10.0. The number of hydrazine groups is 1. The van der Waals surface area contributed by atoms with Crippen molar-refractivity contribution < 1.29 is 14.8 Å². The van der Waals surface area contributed by atoms with Crippen LogP contribution in [0.1, 0.15) is 33.9 Å². The largest absolute Gasteiger partial charge is 0.508 e. The molecule has 1 amide bonds. The topological polar surface area (TPSA) is 114 Å². The number of thiophene rings is 1. The van der Waals surface area contributed by atoms with Gasteiger partial charge in [0.1, 0.15) is 18.0 Å². The first kappa shape index (κ1) is 18.7. The molecule has 0 radical (unpaired) electrons. The Morgan fingerprint density at radius 1 is 1.34 bits per heavy atom. The molecule has 4 rings (SSSR count). The Labute approximate surface area is 169 Å². The molecule has 1 unspecified atom stereocenters. The van der Waals surface area contributed by atoms with Gasteiger partial charge in [-0.05, 0) is 30.5 Å². The van der Waals surface area contributed by atoms with E-state index in [0.29, 0.717) is 17.8 Å². The van der Waals surface area contributed by atoms with E-state index in [9.17, 15) is 20.0 Å². The van der Waals surface area contributed by atoms with Crippen LogP contribution >= 0.6 is 11.3 Å². The molecule has 2 aromatic heterocycles. The second-order valence-corrected chi connectivity index (χ2v) is 7.27. The Bertz CT molecular complexity index is 1110. The molecule has 1 atom stereocenters.